The normalized spacial score (nSPS) is 23.8. The summed E-state index contributed by atoms with van der Waals surface area (Å²) in [7, 11) is 0. The summed E-state index contributed by atoms with van der Waals surface area (Å²) in [6.07, 6.45) is 10.5. The average molecular weight is 345 g/mol. The minimum atomic E-state index is -0.233. The Morgan fingerprint density at radius 1 is 1.16 bits per heavy atom. The lowest BCUT2D eigenvalue weighted by molar-refractivity contribution is -0.125. The van der Waals surface area contributed by atoms with E-state index in [1.54, 1.807) is 17.4 Å². The van der Waals surface area contributed by atoms with Gasteiger partial charge in [0.2, 0.25) is 5.91 Å². The number of rotatable bonds is 4. The van der Waals surface area contributed by atoms with E-state index in [1.165, 1.54) is 25.7 Å². The molecule has 1 atom stereocenters. The number of amides is 3. The minimum Gasteiger partial charge on any atom is -0.355 e. The fourth-order valence-electron chi connectivity index (χ4n) is 3.83. The number of aromatic nitrogens is 2. The smallest absolute Gasteiger partial charge is 0.317 e. The number of nitrogens with one attached hydrogen (secondary N) is 2. The third-order valence-electron chi connectivity index (χ3n) is 5.61. The van der Waals surface area contributed by atoms with Crippen molar-refractivity contribution in [3.05, 3.63) is 18.2 Å². The second-order valence-corrected chi connectivity index (χ2v) is 7.73. The van der Waals surface area contributed by atoms with Crippen LogP contribution in [0.3, 0.4) is 0 Å². The summed E-state index contributed by atoms with van der Waals surface area (Å²) in [6, 6.07) is 0.226. The summed E-state index contributed by atoms with van der Waals surface area (Å²) in [5.74, 6) is 0.468. The molecule has 3 aliphatic rings. The fraction of sp³-hybridized carbons (Fsp3) is 0.722. The van der Waals surface area contributed by atoms with Crippen LogP contribution in [0.15, 0.2) is 12.5 Å². The molecule has 136 valence electrons. The van der Waals surface area contributed by atoms with Gasteiger partial charge in [-0.1, -0.05) is 12.8 Å². The Balaban J connectivity index is 1.44. The molecule has 1 aromatic heterocycles. The van der Waals surface area contributed by atoms with Gasteiger partial charge in [0.1, 0.15) is 0 Å². The van der Waals surface area contributed by atoms with Gasteiger partial charge < -0.3 is 20.1 Å². The Kier molecular flexibility index (Phi) is 4.63. The second-order valence-electron chi connectivity index (χ2n) is 7.73. The third-order valence-corrected chi connectivity index (χ3v) is 5.61. The predicted molar refractivity (Wildman–Crippen MR) is 92.6 cm³/mol. The Bertz CT molecular complexity index is 633. The maximum absolute atomic E-state index is 12.7. The molecule has 2 aliphatic carbocycles. The van der Waals surface area contributed by atoms with Gasteiger partial charge in [0, 0.05) is 31.9 Å². The van der Waals surface area contributed by atoms with Gasteiger partial charge in [-0.3, -0.25) is 4.79 Å². The largest absolute Gasteiger partial charge is 0.355 e. The van der Waals surface area contributed by atoms with Crippen LogP contribution in [-0.4, -0.2) is 45.5 Å². The summed E-state index contributed by atoms with van der Waals surface area (Å²) in [4.78, 5) is 31.3. The van der Waals surface area contributed by atoms with Crippen molar-refractivity contribution in [2.24, 2.45) is 11.8 Å². The number of carbonyl (C=O) groups is 2. The van der Waals surface area contributed by atoms with E-state index in [4.69, 9.17) is 0 Å². The van der Waals surface area contributed by atoms with Crippen LogP contribution in [0.25, 0.3) is 0 Å². The molecule has 2 heterocycles. The molecule has 0 aromatic carbocycles. The Hall–Kier alpha value is -2.05. The summed E-state index contributed by atoms with van der Waals surface area (Å²) < 4.78 is 2.00. The fourth-order valence-corrected chi connectivity index (χ4v) is 3.83. The molecule has 7 nitrogen and oxygen atoms in total. The number of hydrogen-bond donors (Lipinski definition) is 2. The first kappa shape index (κ1) is 16.4. The summed E-state index contributed by atoms with van der Waals surface area (Å²) in [5, 5.41) is 6.21. The van der Waals surface area contributed by atoms with Crippen LogP contribution in [-0.2, 0) is 17.9 Å². The van der Waals surface area contributed by atoms with Gasteiger partial charge in [0.15, 0.2) is 0 Å². The number of fused-ring (bicyclic) bond motifs is 1. The van der Waals surface area contributed by atoms with Gasteiger partial charge in [-0.15, -0.1) is 0 Å². The van der Waals surface area contributed by atoms with E-state index in [9.17, 15) is 9.59 Å². The van der Waals surface area contributed by atoms with Gasteiger partial charge in [-0.25, -0.2) is 9.78 Å². The lowest BCUT2D eigenvalue weighted by Gasteiger charge is -2.25. The molecular formula is C18H27N5O2. The topological polar surface area (TPSA) is 79.3 Å². The quantitative estimate of drug-likeness (QED) is 0.868. The highest BCUT2D eigenvalue weighted by atomic mass is 16.2. The summed E-state index contributed by atoms with van der Waals surface area (Å²) in [5.41, 5.74) is 0.985. The molecule has 2 N–H and O–H groups in total. The zero-order valence-corrected chi connectivity index (χ0v) is 14.6. The van der Waals surface area contributed by atoms with Crippen LogP contribution >= 0.6 is 0 Å². The predicted octanol–water partition coefficient (Wildman–Crippen LogP) is 1.49. The molecule has 1 aromatic rings. The SMILES string of the molecule is O=C(NCC1CC1)[C@@H]1CN(C(=O)NC2CCCC2)Cc2cncn2C1. The number of imidazole rings is 1. The lowest BCUT2D eigenvalue weighted by Crippen LogP contribution is -2.47. The zero-order chi connectivity index (χ0) is 17.2. The molecule has 0 radical (unpaired) electrons. The molecule has 4 rings (SSSR count). The van der Waals surface area contributed by atoms with Crippen LogP contribution in [0, 0.1) is 11.8 Å². The Morgan fingerprint density at radius 2 is 1.96 bits per heavy atom. The van der Waals surface area contributed by atoms with Crippen LogP contribution in [0.1, 0.15) is 44.2 Å². The zero-order valence-electron chi connectivity index (χ0n) is 14.6. The molecular weight excluding hydrogens is 318 g/mol. The van der Waals surface area contributed by atoms with Crippen LogP contribution in [0.2, 0.25) is 0 Å². The van der Waals surface area contributed by atoms with Gasteiger partial charge in [0.05, 0.1) is 24.5 Å². The van der Waals surface area contributed by atoms with E-state index >= 15 is 0 Å². The molecule has 2 saturated carbocycles. The number of hydrogen-bond acceptors (Lipinski definition) is 3. The first-order valence-corrected chi connectivity index (χ1v) is 9.51. The number of carbonyl (C=O) groups excluding carboxylic acids is 2. The van der Waals surface area contributed by atoms with E-state index in [2.05, 4.69) is 15.6 Å². The Morgan fingerprint density at radius 3 is 2.72 bits per heavy atom. The molecule has 7 heteroatoms. The van der Waals surface area contributed by atoms with Crippen molar-refractivity contribution >= 4 is 11.9 Å². The lowest BCUT2D eigenvalue weighted by atomic mass is 10.1. The average Bonchev–Trinajstić information content (AvgIpc) is 3.18. The van der Waals surface area contributed by atoms with E-state index in [-0.39, 0.29) is 23.9 Å². The molecule has 25 heavy (non-hydrogen) atoms. The molecule has 3 amide bonds. The van der Waals surface area contributed by atoms with Crippen molar-refractivity contribution in [1.29, 1.82) is 0 Å². The third kappa shape index (κ3) is 3.96. The number of urea groups is 1. The van der Waals surface area contributed by atoms with Gasteiger partial charge in [-0.2, -0.15) is 0 Å². The highest BCUT2D eigenvalue weighted by molar-refractivity contribution is 5.80. The van der Waals surface area contributed by atoms with Crippen molar-refractivity contribution < 1.29 is 9.59 Å². The minimum absolute atomic E-state index is 0.0483. The molecule has 1 aliphatic heterocycles. The van der Waals surface area contributed by atoms with E-state index in [1.807, 2.05) is 4.57 Å². The van der Waals surface area contributed by atoms with E-state index < -0.39 is 0 Å². The highest BCUT2D eigenvalue weighted by Gasteiger charge is 2.31. The first-order chi connectivity index (χ1) is 12.2. The van der Waals surface area contributed by atoms with Crippen molar-refractivity contribution in [1.82, 2.24) is 25.1 Å². The maximum atomic E-state index is 12.7. The van der Waals surface area contributed by atoms with Gasteiger partial charge in [0.25, 0.3) is 0 Å². The standard InChI is InChI=1S/C18H27N5O2/c24-17(20-7-13-5-6-13)14-9-22(11-16-8-19-12-23(16)10-14)18(25)21-15-3-1-2-4-15/h8,12-15H,1-7,9-11H2,(H,20,24)(H,21,25)/t14-/m1/s1. The summed E-state index contributed by atoms with van der Waals surface area (Å²) >= 11 is 0. The maximum Gasteiger partial charge on any atom is 0.317 e. The molecule has 0 bridgehead atoms. The molecule has 0 saturated heterocycles. The summed E-state index contributed by atoms with van der Waals surface area (Å²) in [6.45, 7) is 2.31. The van der Waals surface area contributed by atoms with Crippen LogP contribution in [0.4, 0.5) is 4.79 Å². The number of nitrogens with zero attached hydrogens (tertiary/aromatic N) is 3. The van der Waals surface area contributed by atoms with Crippen molar-refractivity contribution in [3.63, 3.8) is 0 Å². The van der Waals surface area contributed by atoms with E-state index in [0.29, 0.717) is 25.6 Å². The molecule has 2 fully saturated rings. The van der Waals surface area contributed by atoms with Crippen molar-refractivity contribution in [2.75, 3.05) is 13.1 Å². The highest BCUT2D eigenvalue weighted by Crippen LogP contribution is 2.28. The van der Waals surface area contributed by atoms with Gasteiger partial charge >= 0.3 is 6.03 Å². The monoisotopic (exact) mass is 345 g/mol. The molecule has 0 unspecified atom stereocenters. The van der Waals surface area contributed by atoms with Crippen LogP contribution in [0.5, 0.6) is 0 Å². The van der Waals surface area contributed by atoms with Crippen molar-refractivity contribution in [3.8, 4) is 0 Å². The van der Waals surface area contributed by atoms with E-state index in [0.717, 1.165) is 25.1 Å². The van der Waals surface area contributed by atoms with Crippen molar-refractivity contribution in [2.45, 2.75) is 57.7 Å². The first-order valence-electron chi connectivity index (χ1n) is 9.51. The Labute approximate surface area is 148 Å². The van der Waals surface area contributed by atoms with Gasteiger partial charge in [-0.05, 0) is 31.6 Å². The van der Waals surface area contributed by atoms with Crippen LogP contribution < -0.4 is 10.6 Å². The molecule has 0 spiro atoms. The second kappa shape index (κ2) is 7.06.